The van der Waals surface area contributed by atoms with Crippen molar-refractivity contribution >= 4 is 46.7 Å². The van der Waals surface area contributed by atoms with Crippen LogP contribution in [-0.2, 0) is 4.79 Å². The van der Waals surface area contributed by atoms with Gasteiger partial charge in [-0.3, -0.25) is 9.59 Å². The monoisotopic (exact) mass is 397 g/mol. The van der Waals surface area contributed by atoms with Crippen LogP contribution in [0.1, 0.15) is 17.3 Å². The number of hydrogen-bond donors (Lipinski definition) is 1. The third kappa shape index (κ3) is 6.61. The van der Waals surface area contributed by atoms with E-state index in [2.05, 4.69) is 5.32 Å². The van der Waals surface area contributed by atoms with Gasteiger partial charge >= 0.3 is 0 Å². The smallest absolute Gasteiger partial charge is 0.257 e. The summed E-state index contributed by atoms with van der Waals surface area (Å²) in [6.07, 6.45) is 0. The molecule has 1 amide bonds. The lowest BCUT2D eigenvalue weighted by atomic mass is 10.1. The van der Waals surface area contributed by atoms with E-state index in [0.29, 0.717) is 27.9 Å². The number of Topliss-reactive ketones (excluding diaryl/α,β-unsaturated/α-hetero) is 1. The number of nitrogens with one attached hydrogen (secondary N) is 1. The van der Waals surface area contributed by atoms with Gasteiger partial charge in [-0.05, 0) is 49.4 Å². The van der Waals surface area contributed by atoms with Gasteiger partial charge in [0.25, 0.3) is 5.91 Å². The second-order valence-corrected chi connectivity index (χ2v) is 7.18. The first kappa shape index (κ1) is 19.6. The predicted molar refractivity (Wildman–Crippen MR) is 102 cm³/mol. The highest BCUT2D eigenvalue weighted by molar-refractivity contribution is 7.99. The SMILES string of the molecule is CC(=O)c1cc(Cl)ccc1OCC(=O)NCCSc1ccc(Cl)cc1. The second-order valence-electron chi connectivity index (χ2n) is 5.14. The van der Waals surface area contributed by atoms with E-state index in [0.717, 1.165) is 10.6 Å². The van der Waals surface area contributed by atoms with E-state index in [1.54, 1.807) is 23.9 Å². The number of halogens is 2. The summed E-state index contributed by atoms with van der Waals surface area (Å²) in [4.78, 5) is 24.5. The Balaban J connectivity index is 1.74. The zero-order valence-corrected chi connectivity index (χ0v) is 15.9. The fourth-order valence-electron chi connectivity index (χ4n) is 1.99. The van der Waals surface area contributed by atoms with Crippen molar-refractivity contribution in [3.8, 4) is 5.75 Å². The Kier molecular flexibility index (Phi) is 7.62. The molecule has 1 N–H and O–H groups in total. The maximum absolute atomic E-state index is 11.8. The molecule has 0 saturated heterocycles. The Morgan fingerprint density at radius 1 is 1.08 bits per heavy atom. The molecule has 0 spiro atoms. The minimum Gasteiger partial charge on any atom is -0.483 e. The van der Waals surface area contributed by atoms with Crippen molar-refractivity contribution < 1.29 is 14.3 Å². The molecule has 0 aromatic heterocycles. The maximum Gasteiger partial charge on any atom is 0.257 e. The number of carbonyl (C=O) groups is 2. The van der Waals surface area contributed by atoms with Gasteiger partial charge in [-0.1, -0.05) is 23.2 Å². The van der Waals surface area contributed by atoms with Gasteiger partial charge in [-0.25, -0.2) is 0 Å². The van der Waals surface area contributed by atoms with E-state index in [4.69, 9.17) is 27.9 Å². The molecule has 25 heavy (non-hydrogen) atoms. The van der Waals surface area contributed by atoms with Crippen LogP contribution in [0.25, 0.3) is 0 Å². The summed E-state index contributed by atoms with van der Waals surface area (Å²) in [5.74, 6) is 0.661. The summed E-state index contributed by atoms with van der Waals surface area (Å²) in [6.45, 7) is 1.77. The lowest BCUT2D eigenvalue weighted by Crippen LogP contribution is -2.30. The summed E-state index contributed by atoms with van der Waals surface area (Å²) in [5.41, 5.74) is 0.360. The van der Waals surface area contributed by atoms with E-state index in [1.165, 1.54) is 13.0 Å². The predicted octanol–water partition coefficient (Wildman–Crippen LogP) is 4.48. The summed E-state index contributed by atoms with van der Waals surface area (Å²) < 4.78 is 5.43. The third-order valence-electron chi connectivity index (χ3n) is 3.19. The van der Waals surface area contributed by atoms with Gasteiger partial charge in [0.1, 0.15) is 5.75 Å². The average molecular weight is 398 g/mol. The molecule has 2 aromatic rings. The van der Waals surface area contributed by atoms with Gasteiger partial charge in [-0.2, -0.15) is 0 Å². The molecule has 7 heteroatoms. The van der Waals surface area contributed by atoms with Gasteiger partial charge in [0.15, 0.2) is 12.4 Å². The Labute approximate surface area is 160 Å². The lowest BCUT2D eigenvalue weighted by Gasteiger charge is -2.10. The molecule has 132 valence electrons. The molecule has 2 aromatic carbocycles. The average Bonchev–Trinajstić information content (AvgIpc) is 2.59. The molecule has 0 heterocycles. The topological polar surface area (TPSA) is 55.4 Å². The van der Waals surface area contributed by atoms with Crippen molar-refractivity contribution in [1.29, 1.82) is 0 Å². The Morgan fingerprint density at radius 2 is 1.76 bits per heavy atom. The molecule has 0 saturated carbocycles. The van der Waals surface area contributed by atoms with E-state index in [-0.39, 0.29) is 18.3 Å². The van der Waals surface area contributed by atoms with E-state index >= 15 is 0 Å². The van der Waals surface area contributed by atoms with Crippen LogP contribution in [0.2, 0.25) is 10.0 Å². The van der Waals surface area contributed by atoms with Crippen LogP contribution in [0.15, 0.2) is 47.4 Å². The molecule has 0 atom stereocenters. The highest BCUT2D eigenvalue weighted by Gasteiger charge is 2.11. The summed E-state index contributed by atoms with van der Waals surface area (Å²) in [5, 5.41) is 3.91. The molecule has 2 rings (SSSR count). The van der Waals surface area contributed by atoms with E-state index in [1.807, 2.05) is 24.3 Å². The molecular weight excluding hydrogens is 381 g/mol. The molecular formula is C18H17Cl2NO3S. The number of benzene rings is 2. The number of ether oxygens (including phenoxy) is 1. The van der Waals surface area contributed by atoms with E-state index in [9.17, 15) is 9.59 Å². The van der Waals surface area contributed by atoms with Crippen LogP contribution in [-0.4, -0.2) is 30.6 Å². The number of hydrogen-bond acceptors (Lipinski definition) is 4. The van der Waals surface area contributed by atoms with Crippen LogP contribution in [0.5, 0.6) is 5.75 Å². The fourth-order valence-corrected chi connectivity index (χ4v) is 3.05. The molecule has 0 radical (unpaired) electrons. The van der Waals surface area contributed by atoms with Crippen molar-refractivity contribution in [2.45, 2.75) is 11.8 Å². The van der Waals surface area contributed by atoms with Crippen molar-refractivity contribution in [3.63, 3.8) is 0 Å². The first-order chi connectivity index (χ1) is 12.0. The standard InChI is InChI=1S/C18H17Cl2NO3S/c1-12(22)16-10-14(20)4-7-17(16)24-11-18(23)21-8-9-25-15-5-2-13(19)3-6-15/h2-7,10H,8-9,11H2,1H3,(H,21,23). The highest BCUT2D eigenvalue weighted by Crippen LogP contribution is 2.23. The minimum absolute atomic E-state index is 0.159. The van der Waals surface area contributed by atoms with Gasteiger partial charge < -0.3 is 10.1 Å². The highest BCUT2D eigenvalue weighted by atomic mass is 35.5. The van der Waals surface area contributed by atoms with Crippen LogP contribution >= 0.6 is 35.0 Å². The number of thioether (sulfide) groups is 1. The molecule has 0 aliphatic rings. The summed E-state index contributed by atoms with van der Waals surface area (Å²) in [7, 11) is 0. The Hall–Kier alpha value is -1.69. The van der Waals surface area contributed by atoms with Gasteiger partial charge in [0.05, 0.1) is 5.56 Å². The van der Waals surface area contributed by atoms with Crippen LogP contribution < -0.4 is 10.1 Å². The van der Waals surface area contributed by atoms with E-state index < -0.39 is 0 Å². The van der Waals surface area contributed by atoms with Gasteiger partial charge in [0.2, 0.25) is 0 Å². The molecule has 0 aliphatic heterocycles. The molecule has 4 nitrogen and oxygen atoms in total. The van der Waals surface area contributed by atoms with Crippen molar-refractivity contribution in [3.05, 3.63) is 58.1 Å². The number of carbonyl (C=O) groups excluding carboxylic acids is 2. The zero-order valence-electron chi connectivity index (χ0n) is 13.6. The van der Waals surface area contributed by atoms with Crippen molar-refractivity contribution in [2.24, 2.45) is 0 Å². The minimum atomic E-state index is -0.249. The van der Waals surface area contributed by atoms with Crippen LogP contribution in [0.3, 0.4) is 0 Å². The first-order valence-electron chi connectivity index (χ1n) is 7.54. The summed E-state index contributed by atoms with van der Waals surface area (Å²) in [6, 6.07) is 12.3. The number of rotatable bonds is 8. The summed E-state index contributed by atoms with van der Waals surface area (Å²) >= 11 is 13.3. The normalized spacial score (nSPS) is 10.4. The Morgan fingerprint density at radius 3 is 2.44 bits per heavy atom. The van der Waals surface area contributed by atoms with Gasteiger partial charge in [0, 0.05) is 27.2 Å². The molecule has 0 bridgehead atoms. The van der Waals surface area contributed by atoms with Crippen molar-refractivity contribution in [2.75, 3.05) is 18.9 Å². The maximum atomic E-state index is 11.8. The van der Waals surface area contributed by atoms with Crippen LogP contribution in [0, 0.1) is 0 Å². The molecule has 0 fully saturated rings. The second kappa shape index (κ2) is 9.70. The lowest BCUT2D eigenvalue weighted by molar-refractivity contribution is -0.122. The number of ketones is 1. The first-order valence-corrected chi connectivity index (χ1v) is 9.28. The largest absolute Gasteiger partial charge is 0.483 e. The third-order valence-corrected chi connectivity index (χ3v) is 4.69. The quantitative estimate of drug-likeness (QED) is 0.405. The molecule has 0 aliphatic carbocycles. The number of amides is 1. The fraction of sp³-hybridized carbons (Fsp3) is 0.222. The Bertz CT molecular complexity index is 750. The molecule has 0 unspecified atom stereocenters. The van der Waals surface area contributed by atoms with Crippen molar-refractivity contribution in [1.82, 2.24) is 5.32 Å². The zero-order chi connectivity index (χ0) is 18.2. The van der Waals surface area contributed by atoms with Gasteiger partial charge in [-0.15, -0.1) is 11.8 Å². The van der Waals surface area contributed by atoms with Crippen LogP contribution in [0.4, 0.5) is 0 Å².